The molecular formula is C14H21Cl2NO. The highest BCUT2D eigenvalue weighted by atomic mass is 35.5. The van der Waals surface area contributed by atoms with Gasteiger partial charge in [-0.3, -0.25) is 0 Å². The lowest BCUT2D eigenvalue weighted by Crippen LogP contribution is -2.21. The highest BCUT2D eigenvalue weighted by Gasteiger charge is 2.08. The maximum absolute atomic E-state index is 6.16. The quantitative estimate of drug-likeness (QED) is 0.714. The zero-order valence-electron chi connectivity index (χ0n) is 11.0. The van der Waals surface area contributed by atoms with E-state index in [-0.39, 0.29) is 6.04 Å². The fourth-order valence-corrected chi connectivity index (χ4v) is 2.27. The molecule has 1 aromatic rings. The van der Waals surface area contributed by atoms with E-state index in [0.29, 0.717) is 10.0 Å². The van der Waals surface area contributed by atoms with Crippen molar-refractivity contribution < 1.29 is 4.74 Å². The number of ether oxygens (including phenoxy) is 1. The highest BCUT2D eigenvalue weighted by molar-refractivity contribution is 6.35. The molecule has 0 fully saturated rings. The van der Waals surface area contributed by atoms with E-state index in [2.05, 4.69) is 19.2 Å². The Morgan fingerprint density at radius 2 is 2.06 bits per heavy atom. The molecule has 0 saturated heterocycles. The Bertz CT molecular complexity index is 358. The average molecular weight is 290 g/mol. The fraction of sp³-hybridized carbons (Fsp3) is 0.571. The molecule has 102 valence electrons. The molecule has 0 bridgehead atoms. The molecule has 1 atom stereocenters. The van der Waals surface area contributed by atoms with E-state index in [9.17, 15) is 0 Å². The molecule has 1 N–H and O–H groups in total. The molecule has 0 aliphatic heterocycles. The molecule has 2 nitrogen and oxygen atoms in total. The monoisotopic (exact) mass is 289 g/mol. The topological polar surface area (TPSA) is 21.3 Å². The van der Waals surface area contributed by atoms with Gasteiger partial charge in [0.25, 0.3) is 0 Å². The Morgan fingerprint density at radius 3 is 2.72 bits per heavy atom. The van der Waals surface area contributed by atoms with E-state index >= 15 is 0 Å². The Hall–Kier alpha value is -0.280. The van der Waals surface area contributed by atoms with Crippen LogP contribution in [0.4, 0.5) is 0 Å². The van der Waals surface area contributed by atoms with Crippen LogP contribution in [0, 0.1) is 0 Å². The first-order valence-electron chi connectivity index (χ1n) is 6.41. The molecule has 0 heterocycles. The van der Waals surface area contributed by atoms with Gasteiger partial charge in [0, 0.05) is 29.3 Å². The molecule has 1 unspecified atom stereocenters. The molecule has 4 heteroatoms. The summed E-state index contributed by atoms with van der Waals surface area (Å²) in [6.45, 7) is 6.79. The van der Waals surface area contributed by atoms with Crippen molar-refractivity contribution in [2.24, 2.45) is 0 Å². The van der Waals surface area contributed by atoms with Crippen molar-refractivity contribution in [3.05, 3.63) is 33.8 Å². The Labute approximate surface area is 120 Å². The molecule has 0 aromatic heterocycles. The van der Waals surface area contributed by atoms with E-state index < -0.39 is 0 Å². The average Bonchev–Trinajstić information content (AvgIpc) is 2.33. The van der Waals surface area contributed by atoms with E-state index in [1.165, 1.54) is 0 Å². The van der Waals surface area contributed by atoms with Crippen molar-refractivity contribution in [1.82, 2.24) is 5.32 Å². The van der Waals surface area contributed by atoms with Gasteiger partial charge in [-0.05, 0) is 44.0 Å². The highest BCUT2D eigenvalue weighted by Crippen LogP contribution is 2.25. The SMILES string of the molecule is CCCOCCCNC(C)c1ccc(Cl)cc1Cl. The van der Waals surface area contributed by atoms with Gasteiger partial charge in [0.05, 0.1) is 0 Å². The van der Waals surface area contributed by atoms with Crippen LogP contribution < -0.4 is 5.32 Å². The van der Waals surface area contributed by atoms with Crippen LogP contribution in [0.5, 0.6) is 0 Å². The minimum atomic E-state index is 0.223. The zero-order valence-corrected chi connectivity index (χ0v) is 12.5. The third kappa shape index (κ3) is 5.57. The lowest BCUT2D eigenvalue weighted by Gasteiger charge is -2.15. The summed E-state index contributed by atoms with van der Waals surface area (Å²) in [6.07, 6.45) is 2.08. The summed E-state index contributed by atoms with van der Waals surface area (Å²) in [5.41, 5.74) is 1.08. The zero-order chi connectivity index (χ0) is 13.4. The van der Waals surface area contributed by atoms with Crippen LogP contribution in [0.15, 0.2) is 18.2 Å². The van der Waals surface area contributed by atoms with Gasteiger partial charge < -0.3 is 10.1 Å². The maximum atomic E-state index is 6.16. The summed E-state index contributed by atoms with van der Waals surface area (Å²) in [5.74, 6) is 0. The van der Waals surface area contributed by atoms with Crippen LogP contribution in [0.2, 0.25) is 10.0 Å². The lowest BCUT2D eigenvalue weighted by atomic mass is 10.1. The maximum Gasteiger partial charge on any atom is 0.0478 e. The Balaban J connectivity index is 2.29. The largest absolute Gasteiger partial charge is 0.381 e. The second-order valence-corrected chi connectivity index (χ2v) is 5.15. The Kier molecular flexibility index (Phi) is 7.68. The van der Waals surface area contributed by atoms with Crippen LogP contribution in [0.1, 0.15) is 38.3 Å². The van der Waals surface area contributed by atoms with Gasteiger partial charge in [0.15, 0.2) is 0 Å². The fourth-order valence-electron chi connectivity index (χ4n) is 1.70. The van der Waals surface area contributed by atoms with E-state index in [1.807, 2.05) is 12.1 Å². The van der Waals surface area contributed by atoms with E-state index in [4.69, 9.17) is 27.9 Å². The molecule has 0 aliphatic carbocycles. The Morgan fingerprint density at radius 1 is 1.28 bits per heavy atom. The van der Waals surface area contributed by atoms with Gasteiger partial charge in [-0.15, -0.1) is 0 Å². The molecule has 0 spiro atoms. The number of hydrogen-bond acceptors (Lipinski definition) is 2. The number of nitrogens with one attached hydrogen (secondary N) is 1. The van der Waals surface area contributed by atoms with Crippen molar-refractivity contribution in [3.63, 3.8) is 0 Å². The van der Waals surface area contributed by atoms with Gasteiger partial charge in [0.2, 0.25) is 0 Å². The van der Waals surface area contributed by atoms with Gasteiger partial charge in [-0.1, -0.05) is 36.2 Å². The summed E-state index contributed by atoms with van der Waals surface area (Å²) in [6, 6.07) is 5.84. The third-order valence-electron chi connectivity index (χ3n) is 2.69. The van der Waals surface area contributed by atoms with Crippen LogP contribution in [0.25, 0.3) is 0 Å². The summed E-state index contributed by atoms with van der Waals surface area (Å²) in [4.78, 5) is 0. The minimum Gasteiger partial charge on any atom is -0.381 e. The van der Waals surface area contributed by atoms with E-state index in [0.717, 1.165) is 38.2 Å². The second-order valence-electron chi connectivity index (χ2n) is 4.31. The van der Waals surface area contributed by atoms with Crippen LogP contribution in [0.3, 0.4) is 0 Å². The van der Waals surface area contributed by atoms with Gasteiger partial charge in [-0.2, -0.15) is 0 Å². The van der Waals surface area contributed by atoms with E-state index in [1.54, 1.807) is 6.07 Å². The first-order valence-corrected chi connectivity index (χ1v) is 7.16. The van der Waals surface area contributed by atoms with Crippen molar-refractivity contribution in [1.29, 1.82) is 0 Å². The predicted molar refractivity (Wildman–Crippen MR) is 78.6 cm³/mol. The number of benzene rings is 1. The standard InChI is InChI=1S/C14H21Cl2NO/c1-3-8-18-9-4-7-17-11(2)13-6-5-12(15)10-14(13)16/h5-6,10-11,17H,3-4,7-9H2,1-2H3. The molecule has 0 aliphatic rings. The van der Waals surface area contributed by atoms with Crippen LogP contribution in [-0.2, 0) is 4.74 Å². The molecule has 1 aromatic carbocycles. The van der Waals surface area contributed by atoms with Gasteiger partial charge in [-0.25, -0.2) is 0 Å². The molecular weight excluding hydrogens is 269 g/mol. The molecule has 18 heavy (non-hydrogen) atoms. The number of hydrogen-bond donors (Lipinski definition) is 1. The van der Waals surface area contributed by atoms with Crippen molar-refractivity contribution >= 4 is 23.2 Å². The van der Waals surface area contributed by atoms with Crippen molar-refractivity contribution in [2.75, 3.05) is 19.8 Å². The third-order valence-corrected chi connectivity index (χ3v) is 3.26. The predicted octanol–water partition coefficient (Wildman–Crippen LogP) is 4.46. The molecule has 1 rings (SSSR count). The van der Waals surface area contributed by atoms with Crippen molar-refractivity contribution in [2.45, 2.75) is 32.7 Å². The summed E-state index contributed by atoms with van der Waals surface area (Å²) < 4.78 is 5.43. The van der Waals surface area contributed by atoms with Crippen molar-refractivity contribution in [3.8, 4) is 0 Å². The molecule has 0 amide bonds. The van der Waals surface area contributed by atoms with Gasteiger partial charge in [0.1, 0.15) is 0 Å². The smallest absolute Gasteiger partial charge is 0.0478 e. The number of rotatable bonds is 8. The number of halogens is 2. The van der Waals surface area contributed by atoms with Crippen LogP contribution in [-0.4, -0.2) is 19.8 Å². The summed E-state index contributed by atoms with van der Waals surface area (Å²) in [5, 5.41) is 4.81. The second kappa shape index (κ2) is 8.76. The lowest BCUT2D eigenvalue weighted by molar-refractivity contribution is 0.132. The molecule has 0 saturated carbocycles. The first kappa shape index (κ1) is 15.8. The van der Waals surface area contributed by atoms with Crippen LogP contribution >= 0.6 is 23.2 Å². The minimum absolute atomic E-state index is 0.223. The molecule has 0 radical (unpaired) electrons. The summed E-state index contributed by atoms with van der Waals surface area (Å²) >= 11 is 12.0. The first-order chi connectivity index (χ1) is 8.65. The normalized spacial score (nSPS) is 12.7. The summed E-state index contributed by atoms with van der Waals surface area (Å²) in [7, 11) is 0. The van der Waals surface area contributed by atoms with Gasteiger partial charge >= 0.3 is 0 Å².